The van der Waals surface area contributed by atoms with Crippen molar-refractivity contribution in [1.29, 1.82) is 0 Å². The molecule has 0 aromatic carbocycles. The zero-order valence-electron chi connectivity index (χ0n) is 17.3. The van der Waals surface area contributed by atoms with Crippen LogP contribution in [0.1, 0.15) is 98.3 Å². The highest BCUT2D eigenvalue weighted by molar-refractivity contribution is 5.07. The van der Waals surface area contributed by atoms with E-state index in [1.165, 1.54) is 70.6 Å². The van der Waals surface area contributed by atoms with Gasteiger partial charge in [-0.25, -0.2) is 0 Å². The van der Waals surface area contributed by atoms with Gasteiger partial charge in [-0.15, -0.1) is 0 Å². The Hall–Kier alpha value is -0.0400. The average molecular weight is 347 g/mol. The van der Waals surface area contributed by atoms with E-state index in [0.29, 0.717) is 16.7 Å². The molecule has 0 aromatic heterocycles. The lowest BCUT2D eigenvalue weighted by atomic mass is 9.42. The van der Waals surface area contributed by atoms with Gasteiger partial charge in [0.1, 0.15) is 0 Å². The van der Waals surface area contributed by atoms with Gasteiger partial charge >= 0.3 is 0 Å². The molecule has 1 nitrogen and oxygen atoms in total. The standard InChI is InChI=1S/C24H42O/c1-16-8-9-18-10-11-19-21-7-5-6-20(17(2)25)24(21,4)15-13-22(19)23(18,3)14-12-16/h16-22,25H,5-15H2,1-4H3. The molecule has 0 amide bonds. The largest absolute Gasteiger partial charge is 0.393 e. The van der Waals surface area contributed by atoms with Gasteiger partial charge < -0.3 is 5.11 Å². The van der Waals surface area contributed by atoms with Gasteiger partial charge in [0.2, 0.25) is 0 Å². The highest BCUT2D eigenvalue weighted by Crippen LogP contribution is 2.66. The SMILES string of the molecule is CC1CCC2CCC3C(CCC4(C)C(C(C)O)CCCC34)C2(C)CC1. The molecule has 144 valence electrons. The third-order valence-electron chi connectivity index (χ3n) is 10.1. The fourth-order valence-corrected chi connectivity index (χ4v) is 8.62. The molecule has 0 aromatic rings. The highest BCUT2D eigenvalue weighted by atomic mass is 16.3. The maximum absolute atomic E-state index is 10.5. The van der Waals surface area contributed by atoms with Crippen molar-refractivity contribution in [1.82, 2.24) is 0 Å². The quantitative estimate of drug-likeness (QED) is 0.579. The molecule has 4 rings (SSSR count). The van der Waals surface area contributed by atoms with Gasteiger partial charge in [-0.1, -0.05) is 40.0 Å². The molecule has 0 aliphatic heterocycles. The minimum Gasteiger partial charge on any atom is -0.393 e. The first-order valence-corrected chi connectivity index (χ1v) is 11.5. The number of aliphatic hydroxyl groups excluding tert-OH is 1. The van der Waals surface area contributed by atoms with Crippen molar-refractivity contribution >= 4 is 0 Å². The number of hydrogen-bond donors (Lipinski definition) is 1. The van der Waals surface area contributed by atoms with Crippen LogP contribution in [0.3, 0.4) is 0 Å². The van der Waals surface area contributed by atoms with E-state index in [4.69, 9.17) is 0 Å². The van der Waals surface area contributed by atoms with E-state index in [1.807, 2.05) is 0 Å². The van der Waals surface area contributed by atoms with E-state index in [0.717, 1.165) is 29.6 Å². The minimum atomic E-state index is -0.116. The van der Waals surface area contributed by atoms with Gasteiger partial charge in [0.15, 0.2) is 0 Å². The van der Waals surface area contributed by atoms with Crippen molar-refractivity contribution in [2.24, 2.45) is 46.3 Å². The van der Waals surface area contributed by atoms with E-state index >= 15 is 0 Å². The van der Waals surface area contributed by atoms with Gasteiger partial charge in [-0.3, -0.25) is 0 Å². The zero-order chi connectivity index (χ0) is 17.8. The number of hydrogen-bond acceptors (Lipinski definition) is 1. The Labute approximate surface area is 156 Å². The van der Waals surface area contributed by atoms with Gasteiger partial charge in [0.05, 0.1) is 6.10 Å². The summed E-state index contributed by atoms with van der Waals surface area (Å²) in [6.07, 6.45) is 15.7. The lowest BCUT2D eigenvalue weighted by Crippen LogP contribution is -2.56. The third kappa shape index (κ3) is 2.82. The Bertz CT molecular complexity index is 484. The van der Waals surface area contributed by atoms with E-state index in [2.05, 4.69) is 27.7 Å². The molecule has 0 saturated heterocycles. The van der Waals surface area contributed by atoms with Crippen LogP contribution >= 0.6 is 0 Å². The maximum Gasteiger partial charge on any atom is 0.0545 e. The summed E-state index contributed by atoms with van der Waals surface area (Å²) in [5.74, 6) is 5.31. The fraction of sp³-hybridized carbons (Fsp3) is 1.00. The predicted molar refractivity (Wildman–Crippen MR) is 105 cm³/mol. The van der Waals surface area contributed by atoms with Gasteiger partial charge in [0, 0.05) is 0 Å². The molecule has 4 aliphatic carbocycles. The summed E-state index contributed by atoms with van der Waals surface area (Å²) >= 11 is 0. The van der Waals surface area contributed by atoms with Crippen LogP contribution in [0, 0.1) is 46.3 Å². The molecule has 4 saturated carbocycles. The molecule has 1 N–H and O–H groups in total. The lowest BCUT2D eigenvalue weighted by molar-refractivity contribution is -0.148. The molecule has 4 aliphatic rings. The molecule has 25 heavy (non-hydrogen) atoms. The first kappa shape index (κ1) is 18.3. The number of rotatable bonds is 1. The van der Waals surface area contributed by atoms with Gasteiger partial charge in [-0.05, 0) is 105 Å². The second-order valence-corrected chi connectivity index (χ2v) is 11.2. The van der Waals surface area contributed by atoms with Crippen LogP contribution in [0.5, 0.6) is 0 Å². The number of aliphatic hydroxyl groups is 1. The van der Waals surface area contributed by atoms with Crippen molar-refractivity contribution in [2.45, 2.75) is 104 Å². The second-order valence-electron chi connectivity index (χ2n) is 11.2. The Morgan fingerprint density at radius 3 is 2.24 bits per heavy atom. The third-order valence-corrected chi connectivity index (χ3v) is 10.1. The summed E-state index contributed by atoms with van der Waals surface area (Å²) in [6, 6.07) is 0. The average Bonchev–Trinajstić information content (AvgIpc) is 2.72. The molecule has 0 radical (unpaired) electrons. The van der Waals surface area contributed by atoms with Crippen LogP contribution in [0.4, 0.5) is 0 Å². The van der Waals surface area contributed by atoms with Crippen LogP contribution in [0.15, 0.2) is 0 Å². The van der Waals surface area contributed by atoms with Crippen molar-refractivity contribution in [2.75, 3.05) is 0 Å². The van der Waals surface area contributed by atoms with Crippen LogP contribution in [-0.2, 0) is 0 Å². The molecular formula is C24H42O. The maximum atomic E-state index is 10.5. The molecule has 4 fully saturated rings. The first-order chi connectivity index (χ1) is 11.9. The molecule has 0 spiro atoms. The summed E-state index contributed by atoms with van der Waals surface area (Å²) in [5, 5.41) is 10.5. The monoisotopic (exact) mass is 346 g/mol. The molecule has 9 unspecified atom stereocenters. The van der Waals surface area contributed by atoms with E-state index in [-0.39, 0.29) is 6.10 Å². The van der Waals surface area contributed by atoms with Crippen molar-refractivity contribution in [3.05, 3.63) is 0 Å². The Morgan fingerprint density at radius 2 is 1.48 bits per heavy atom. The summed E-state index contributed by atoms with van der Waals surface area (Å²) < 4.78 is 0. The first-order valence-electron chi connectivity index (χ1n) is 11.5. The minimum absolute atomic E-state index is 0.116. The Morgan fingerprint density at radius 1 is 0.800 bits per heavy atom. The molecule has 0 heterocycles. The zero-order valence-corrected chi connectivity index (χ0v) is 17.3. The summed E-state index contributed by atoms with van der Waals surface area (Å²) in [6.45, 7) is 9.82. The van der Waals surface area contributed by atoms with E-state index < -0.39 is 0 Å². The molecule has 9 atom stereocenters. The van der Waals surface area contributed by atoms with Crippen molar-refractivity contribution in [3.63, 3.8) is 0 Å². The summed E-state index contributed by atoms with van der Waals surface area (Å²) in [7, 11) is 0. The second kappa shape index (κ2) is 6.54. The van der Waals surface area contributed by atoms with Crippen LogP contribution < -0.4 is 0 Å². The summed E-state index contributed by atoms with van der Waals surface area (Å²) in [5.41, 5.74) is 1.03. The Kier molecular flexibility index (Phi) is 4.79. The van der Waals surface area contributed by atoms with Gasteiger partial charge in [0.25, 0.3) is 0 Å². The smallest absolute Gasteiger partial charge is 0.0545 e. The number of fused-ring (bicyclic) bond motifs is 5. The van der Waals surface area contributed by atoms with Crippen LogP contribution in [-0.4, -0.2) is 11.2 Å². The predicted octanol–water partition coefficient (Wildman–Crippen LogP) is 6.44. The Balaban J connectivity index is 1.62. The van der Waals surface area contributed by atoms with Crippen molar-refractivity contribution < 1.29 is 5.11 Å². The highest BCUT2D eigenvalue weighted by Gasteiger charge is 2.58. The normalized spacial score (nSPS) is 54.6. The fourth-order valence-electron chi connectivity index (χ4n) is 8.62. The lowest BCUT2D eigenvalue weighted by Gasteiger charge is -2.63. The van der Waals surface area contributed by atoms with E-state index in [9.17, 15) is 5.11 Å². The van der Waals surface area contributed by atoms with Gasteiger partial charge in [-0.2, -0.15) is 0 Å². The van der Waals surface area contributed by atoms with Crippen molar-refractivity contribution in [3.8, 4) is 0 Å². The molecule has 0 bridgehead atoms. The topological polar surface area (TPSA) is 20.2 Å². The molecular weight excluding hydrogens is 304 g/mol. The van der Waals surface area contributed by atoms with Crippen LogP contribution in [0.2, 0.25) is 0 Å². The van der Waals surface area contributed by atoms with E-state index in [1.54, 1.807) is 0 Å². The summed E-state index contributed by atoms with van der Waals surface area (Å²) in [4.78, 5) is 0. The van der Waals surface area contributed by atoms with Crippen LogP contribution in [0.25, 0.3) is 0 Å². The molecule has 1 heteroatoms.